The lowest BCUT2D eigenvalue weighted by atomic mass is 9.98. The van der Waals surface area contributed by atoms with Crippen molar-refractivity contribution in [3.05, 3.63) is 16.4 Å². The van der Waals surface area contributed by atoms with Gasteiger partial charge in [0.15, 0.2) is 0 Å². The molecule has 90 valence electrons. The van der Waals surface area contributed by atoms with E-state index in [9.17, 15) is 0 Å². The van der Waals surface area contributed by atoms with Crippen LogP contribution in [0.1, 0.15) is 31.5 Å². The maximum Gasteiger partial charge on any atom is 0.0693 e. The summed E-state index contributed by atoms with van der Waals surface area (Å²) < 4.78 is 8.35. The van der Waals surface area contributed by atoms with Crippen LogP contribution in [-0.2, 0) is 11.3 Å². The third-order valence-electron chi connectivity index (χ3n) is 3.10. The minimum Gasteiger partial charge on any atom is -0.381 e. The molecule has 1 aliphatic rings. The van der Waals surface area contributed by atoms with Gasteiger partial charge in [0.05, 0.1) is 16.4 Å². The smallest absolute Gasteiger partial charge is 0.0693 e. The molecule has 0 bridgehead atoms. The third kappa shape index (κ3) is 2.47. The molecule has 2 heterocycles. The van der Waals surface area contributed by atoms with Crippen molar-refractivity contribution in [1.29, 1.82) is 0 Å². The Kier molecular flexibility index (Phi) is 4.00. The predicted molar refractivity (Wildman–Crippen MR) is 66.1 cm³/mol. The highest BCUT2D eigenvalue weighted by atomic mass is 79.9. The Morgan fingerprint density at radius 2 is 2.56 bits per heavy atom. The van der Waals surface area contributed by atoms with Crippen LogP contribution in [0.25, 0.3) is 0 Å². The molecule has 2 atom stereocenters. The Bertz CT molecular complexity index is 347. The van der Waals surface area contributed by atoms with Gasteiger partial charge >= 0.3 is 0 Å². The highest BCUT2D eigenvalue weighted by molar-refractivity contribution is 9.10. The summed E-state index contributed by atoms with van der Waals surface area (Å²) in [5.74, 6) is 0.599. The summed E-state index contributed by atoms with van der Waals surface area (Å²) in [5, 5.41) is 4.29. The first kappa shape index (κ1) is 12.1. The molecule has 2 unspecified atom stereocenters. The second kappa shape index (κ2) is 5.29. The van der Waals surface area contributed by atoms with Crippen LogP contribution < -0.4 is 5.73 Å². The molecular weight excluding hydrogens is 270 g/mol. The Morgan fingerprint density at radius 1 is 1.75 bits per heavy atom. The lowest BCUT2D eigenvalue weighted by molar-refractivity contribution is 0.182. The van der Waals surface area contributed by atoms with Gasteiger partial charge in [-0.05, 0) is 41.6 Å². The van der Waals surface area contributed by atoms with E-state index < -0.39 is 0 Å². The van der Waals surface area contributed by atoms with Crippen LogP contribution >= 0.6 is 15.9 Å². The number of hydrogen-bond acceptors (Lipinski definition) is 3. The van der Waals surface area contributed by atoms with Gasteiger partial charge < -0.3 is 10.5 Å². The zero-order valence-corrected chi connectivity index (χ0v) is 11.1. The second-order valence-corrected chi connectivity index (χ2v) is 5.12. The number of halogens is 1. The van der Waals surface area contributed by atoms with E-state index in [1.54, 1.807) is 0 Å². The maximum absolute atomic E-state index is 6.25. The summed E-state index contributed by atoms with van der Waals surface area (Å²) in [6.07, 6.45) is 3.93. The number of hydrogen-bond donors (Lipinski definition) is 1. The normalized spacial score (nSPS) is 22.6. The SMILES string of the molecule is CCn1ncc(Br)c1C(N)CC1CCOC1. The van der Waals surface area contributed by atoms with Crippen molar-refractivity contribution in [2.24, 2.45) is 11.7 Å². The molecule has 1 saturated heterocycles. The van der Waals surface area contributed by atoms with E-state index >= 15 is 0 Å². The first-order valence-electron chi connectivity index (χ1n) is 5.77. The van der Waals surface area contributed by atoms with Gasteiger partial charge in [0, 0.05) is 25.8 Å². The highest BCUT2D eigenvalue weighted by Crippen LogP contribution is 2.29. The average Bonchev–Trinajstić information content (AvgIpc) is 2.87. The zero-order valence-electron chi connectivity index (χ0n) is 9.53. The molecule has 1 aromatic rings. The van der Waals surface area contributed by atoms with Crippen molar-refractivity contribution in [3.8, 4) is 0 Å². The average molecular weight is 288 g/mol. The standard InChI is InChI=1S/C11H18BrN3O/c1-2-15-11(9(12)6-14-15)10(13)5-8-3-4-16-7-8/h6,8,10H,2-5,7,13H2,1H3. The Morgan fingerprint density at radius 3 is 3.19 bits per heavy atom. The van der Waals surface area contributed by atoms with Crippen LogP contribution in [0, 0.1) is 5.92 Å². The summed E-state index contributed by atoms with van der Waals surface area (Å²) in [6, 6.07) is 0.0449. The number of aryl methyl sites for hydroxylation is 1. The number of nitrogens with zero attached hydrogens (tertiary/aromatic N) is 2. The maximum atomic E-state index is 6.25. The van der Waals surface area contributed by atoms with Gasteiger partial charge in [-0.15, -0.1) is 0 Å². The molecule has 4 nitrogen and oxygen atoms in total. The summed E-state index contributed by atoms with van der Waals surface area (Å²) in [4.78, 5) is 0. The molecule has 0 saturated carbocycles. The fraction of sp³-hybridized carbons (Fsp3) is 0.727. The minimum atomic E-state index is 0.0449. The fourth-order valence-electron chi connectivity index (χ4n) is 2.23. The van der Waals surface area contributed by atoms with E-state index in [2.05, 4.69) is 28.0 Å². The Balaban J connectivity index is 2.06. The molecule has 1 aliphatic heterocycles. The number of aromatic nitrogens is 2. The summed E-state index contributed by atoms with van der Waals surface area (Å²) in [7, 11) is 0. The zero-order chi connectivity index (χ0) is 11.5. The summed E-state index contributed by atoms with van der Waals surface area (Å²) >= 11 is 3.51. The monoisotopic (exact) mass is 287 g/mol. The van der Waals surface area contributed by atoms with Crippen molar-refractivity contribution < 1.29 is 4.74 Å². The molecule has 0 radical (unpaired) electrons. The summed E-state index contributed by atoms with van der Waals surface area (Å²) in [5.41, 5.74) is 7.36. The molecule has 2 N–H and O–H groups in total. The molecule has 1 fully saturated rings. The third-order valence-corrected chi connectivity index (χ3v) is 3.71. The first-order valence-corrected chi connectivity index (χ1v) is 6.56. The largest absolute Gasteiger partial charge is 0.381 e. The minimum absolute atomic E-state index is 0.0449. The van der Waals surface area contributed by atoms with E-state index in [1.165, 1.54) is 0 Å². The van der Waals surface area contributed by atoms with E-state index in [0.717, 1.165) is 42.8 Å². The molecule has 0 aromatic carbocycles. The number of ether oxygens (including phenoxy) is 1. The molecule has 16 heavy (non-hydrogen) atoms. The van der Waals surface area contributed by atoms with E-state index in [-0.39, 0.29) is 6.04 Å². The fourth-order valence-corrected chi connectivity index (χ4v) is 2.82. The summed E-state index contributed by atoms with van der Waals surface area (Å²) in [6.45, 7) is 4.67. The van der Waals surface area contributed by atoms with Crippen molar-refractivity contribution in [1.82, 2.24) is 9.78 Å². The molecule has 0 spiro atoms. The van der Waals surface area contributed by atoms with Crippen molar-refractivity contribution in [2.75, 3.05) is 13.2 Å². The van der Waals surface area contributed by atoms with Crippen LogP contribution in [-0.4, -0.2) is 23.0 Å². The highest BCUT2D eigenvalue weighted by Gasteiger charge is 2.23. The van der Waals surface area contributed by atoms with Crippen LogP contribution in [0.3, 0.4) is 0 Å². The quantitative estimate of drug-likeness (QED) is 0.923. The molecule has 5 heteroatoms. The van der Waals surface area contributed by atoms with Gasteiger partial charge in [-0.2, -0.15) is 5.10 Å². The predicted octanol–water partition coefficient (Wildman–Crippen LogP) is 2.09. The first-order chi connectivity index (χ1) is 7.72. The molecule has 0 aliphatic carbocycles. The second-order valence-electron chi connectivity index (χ2n) is 4.27. The van der Waals surface area contributed by atoms with Crippen molar-refractivity contribution in [3.63, 3.8) is 0 Å². The van der Waals surface area contributed by atoms with E-state index in [0.29, 0.717) is 5.92 Å². The lowest BCUT2D eigenvalue weighted by Crippen LogP contribution is -2.20. The van der Waals surface area contributed by atoms with Crippen LogP contribution in [0.5, 0.6) is 0 Å². The van der Waals surface area contributed by atoms with Gasteiger partial charge in [0.1, 0.15) is 0 Å². The van der Waals surface area contributed by atoms with Gasteiger partial charge in [-0.3, -0.25) is 4.68 Å². The van der Waals surface area contributed by atoms with Crippen LogP contribution in [0.15, 0.2) is 10.7 Å². The van der Waals surface area contributed by atoms with E-state index in [4.69, 9.17) is 10.5 Å². The van der Waals surface area contributed by atoms with Crippen LogP contribution in [0.4, 0.5) is 0 Å². The van der Waals surface area contributed by atoms with Gasteiger partial charge in [0.2, 0.25) is 0 Å². The number of nitrogens with two attached hydrogens (primary N) is 1. The lowest BCUT2D eigenvalue weighted by Gasteiger charge is -2.17. The topological polar surface area (TPSA) is 53.1 Å². The van der Waals surface area contributed by atoms with Gasteiger partial charge in [-0.1, -0.05) is 0 Å². The van der Waals surface area contributed by atoms with Crippen LogP contribution in [0.2, 0.25) is 0 Å². The molecule has 0 amide bonds. The van der Waals surface area contributed by atoms with Gasteiger partial charge in [0.25, 0.3) is 0 Å². The molecular formula is C11H18BrN3O. The Labute approximate surface area is 104 Å². The molecule has 1 aromatic heterocycles. The van der Waals surface area contributed by atoms with Gasteiger partial charge in [-0.25, -0.2) is 0 Å². The van der Waals surface area contributed by atoms with Crippen molar-refractivity contribution in [2.45, 2.75) is 32.4 Å². The number of rotatable bonds is 4. The molecule has 2 rings (SSSR count). The Hall–Kier alpha value is -0.390. The van der Waals surface area contributed by atoms with Crippen molar-refractivity contribution >= 4 is 15.9 Å². The van der Waals surface area contributed by atoms with E-state index in [1.807, 2.05) is 10.9 Å².